The molecule has 0 amide bonds. The zero-order chi connectivity index (χ0) is 25.1. The number of nitriles is 1. The molecular formula is C26H29N3O6. The lowest BCUT2D eigenvalue weighted by Crippen LogP contribution is -2.31. The number of nitrogens with zero attached hydrogens (tertiary/aromatic N) is 3. The molecule has 4 rings (SSSR count). The third-order valence-electron chi connectivity index (χ3n) is 6.52. The second-order valence-electron chi connectivity index (χ2n) is 8.81. The van der Waals surface area contributed by atoms with Crippen LogP contribution in [0.5, 0.6) is 11.5 Å². The Morgan fingerprint density at radius 3 is 2.43 bits per heavy atom. The predicted octanol–water partition coefficient (Wildman–Crippen LogP) is 3.99. The van der Waals surface area contributed by atoms with E-state index < -0.39 is 18.2 Å². The third-order valence-corrected chi connectivity index (χ3v) is 6.52. The van der Waals surface area contributed by atoms with Crippen LogP contribution in [0.15, 0.2) is 30.5 Å². The van der Waals surface area contributed by atoms with E-state index in [9.17, 15) is 20.3 Å². The zero-order valence-electron chi connectivity index (χ0n) is 20.0. The Hall–Kier alpha value is -3.61. The molecule has 1 aliphatic carbocycles. The molecule has 1 fully saturated rings. The summed E-state index contributed by atoms with van der Waals surface area (Å²) in [4.78, 5) is 11.7. The van der Waals surface area contributed by atoms with Gasteiger partial charge in [0.25, 0.3) is 0 Å². The van der Waals surface area contributed by atoms with Crippen LogP contribution in [0.3, 0.4) is 0 Å². The fourth-order valence-electron chi connectivity index (χ4n) is 4.67. The van der Waals surface area contributed by atoms with E-state index in [-0.39, 0.29) is 29.3 Å². The van der Waals surface area contributed by atoms with E-state index in [4.69, 9.17) is 14.2 Å². The average molecular weight is 480 g/mol. The third kappa shape index (κ3) is 5.09. The van der Waals surface area contributed by atoms with Gasteiger partial charge < -0.3 is 24.4 Å². The van der Waals surface area contributed by atoms with Crippen LogP contribution in [0.25, 0.3) is 10.9 Å². The molecule has 1 saturated carbocycles. The topological polar surface area (TPSA) is 127 Å². The van der Waals surface area contributed by atoms with Crippen molar-refractivity contribution >= 4 is 16.9 Å². The number of ether oxygens (including phenoxy) is 3. The first-order valence-electron chi connectivity index (χ1n) is 11.5. The molecule has 184 valence electrons. The lowest BCUT2D eigenvalue weighted by Gasteiger charge is -2.27. The van der Waals surface area contributed by atoms with E-state index in [1.807, 2.05) is 13.0 Å². The van der Waals surface area contributed by atoms with Gasteiger partial charge in [-0.3, -0.25) is 4.68 Å². The summed E-state index contributed by atoms with van der Waals surface area (Å²) in [7, 11) is 3.13. The fourth-order valence-corrected chi connectivity index (χ4v) is 4.67. The standard InChI is InChI=1S/C26H29N3O6/c1-15-21(33-2)10-17(11-22(15)34-3)25(30)23(35-19-6-4-5-7-19)14-29-13-18-8-16(12-27)9-20(26(31)32)24(18)28-29/h8-11,13,19,23,25,30H,4-7,14H2,1-3H3,(H,31,32)/t23-,25+/m0/s1. The number of aliphatic hydroxyl groups excluding tert-OH is 1. The maximum Gasteiger partial charge on any atom is 0.338 e. The summed E-state index contributed by atoms with van der Waals surface area (Å²) in [5, 5.41) is 35.3. The Kier molecular flexibility index (Phi) is 7.24. The molecule has 0 bridgehead atoms. The smallest absolute Gasteiger partial charge is 0.338 e. The number of methoxy groups -OCH3 is 2. The van der Waals surface area contributed by atoms with Gasteiger partial charge in [-0.15, -0.1) is 0 Å². The first-order chi connectivity index (χ1) is 16.8. The molecule has 2 N–H and O–H groups in total. The molecule has 9 nitrogen and oxygen atoms in total. The molecule has 3 aromatic rings. The lowest BCUT2D eigenvalue weighted by atomic mass is 10.0. The molecule has 0 saturated heterocycles. The quantitative estimate of drug-likeness (QED) is 0.472. The first kappa shape index (κ1) is 24.5. The van der Waals surface area contributed by atoms with Gasteiger partial charge >= 0.3 is 5.97 Å². The normalized spacial score (nSPS) is 15.6. The molecule has 1 aliphatic rings. The minimum Gasteiger partial charge on any atom is -0.496 e. The largest absolute Gasteiger partial charge is 0.496 e. The second-order valence-corrected chi connectivity index (χ2v) is 8.81. The van der Waals surface area contributed by atoms with Gasteiger partial charge in [0.15, 0.2) is 0 Å². The van der Waals surface area contributed by atoms with Crippen molar-refractivity contribution in [2.75, 3.05) is 14.2 Å². The van der Waals surface area contributed by atoms with E-state index in [0.717, 1.165) is 31.2 Å². The van der Waals surface area contributed by atoms with Crippen LogP contribution in [0.2, 0.25) is 0 Å². The summed E-state index contributed by atoms with van der Waals surface area (Å²) in [6.45, 7) is 2.07. The number of rotatable bonds is 9. The summed E-state index contributed by atoms with van der Waals surface area (Å²) in [6.07, 6.45) is 4.01. The zero-order valence-corrected chi connectivity index (χ0v) is 20.0. The highest BCUT2D eigenvalue weighted by atomic mass is 16.5. The summed E-state index contributed by atoms with van der Waals surface area (Å²) in [5.41, 5.74) is 1.89. The number of carboxylic acid groups (broad SMARTS) is 1. The Balaban J connectivity index is 1.71. The Morgan fingerprint density at radius 1 is 1.20 bits per heavy atom. The highest BCUT2D eigenvalue weighted by molar-refractivity contribution is 6.02. The van der Waals surface area contributed by atoms with Gasteiger partial charge in [-0.1, -0.05) is 12.8 Å². The Labute approximate surface area is 203 Å². The molecule has 0 aliphatic heterocycles. The molecule has 2 aromatic carbocycles. The first-order valence-corrected chi connectivity index (χ1v) is 11.5. The summed E-state index contributed by atoms with van der Waals surface area (Å²) >= 11 is 0. The van der Waals surface area contributed by atoms with Gasteiger partial charge in [-0.2, -0.15) is 10.4 Å². The summed E-state index contributed by atoms with van der Waals surface area (Å²) < 4.78 is 18.9. The van der Waals surface area contributed by atoms with Gasteiger partial charge in [0.1, 0.15) is 29.2 Å². The minimum absolute atomic E-state index is 0.0219. The molecule has 9 heteroatoms. The molecule has 0 radical (unpaired) electrons. The van der Waals surface area contributed by atoms with Crippen molar-refractivity contribution < 1.29 is 29.2 Å². The van der Waals surface area contributed by atoms with Crippen molar-refractivity contribution in [3.05, 3.63) is 52.7 Å². The Bertz CT molecular complexity index is 1250. The van der Waals surface area contributed by atoms with E-state index in [2.05, 4.69) is 5.10 Å². The van der Waals surface area contributed by atoms with Gasteiger partial charge in [-0.05, 0) is 49.6 Å². The van der Waals surface area contributed by atoms with E-state index >= 15 is 0 Å². The fraction of sp³-hybridized carbons (Fsp3) is 0.423. The summed E-state index contributed by atoms with van der Waals surface area (Å²) in [5.74, 6) is 0.0333. The molecule has 1 aromatic heterocycles. The van der Waals surface area contributed by atoms with Gasteiger partial charge in [0.05, 0.1) is 44.1 Å². The van der Waals surface area contributed by atoms with Crippen LogP contribution in [-0.4, -0.2) is 52.4 Å². The highest BCUT2D eigenvalue weighted by Gasteiger charge is 2.29. The number of aromatic nitrogens is 2. The number of hydrogen-bond donors (Lipinski definition) is 2. The molecule has 1 heterocycles. The minimum atomic E-state index is -1.16. The van der Waals surface area contributed by atoms with E-state index in [1.54, 1.807) is 43.3 Å². The van der Waals surface area contributed by atoms with Crippen LogP contribution in [-0.2, 0) is 11.3 Å². The van der Waals surface area contributed by atoms with Crippen molar-refractivity contribution in [2.24, 2.45) is 0 Å². The van der Waals surface area contributed by atoms with Crippen LogP contribution in [0.1, 0.15) is 58.8 Å². The van der Waals surface area contributed by atoms with Gasteiger partial charge in [0.2, 0.25) is 0 Å². The molecule has 2 atom stereocenters. The Morgan fingerprint density at radius 2 is 1.86 bits per heavy atom. The predicted molar refractivity (Wildman–Crippen MR) is 128 cm³/mol. The number of carbonyl (C=O) groups is 1. The van der Waals surface area contributed by atoms with Crippen LogP contribution >= 0.6 is 0 Å². The SMILES string of the molecule is COc1cc([C@@H](O)[C@H](Cn2cc3cc(C#N)cc(C(=O)O)c3n2)OC2CCCC2)cc(OC)c1C. The van der Waals surface area contributed by atoms with Crippen LogP contribution < -0.4 is 9.47 Å². The van der Waals surface area contributed by atoms with E-state index in [0.29, 0.717) is 22.4 Å². The monoisotopic (exact) mass is 479 g/mol. The van der Waals surface area contributed by atoms with Crippen molar-refractivity contribution in [3.8, 4) is 17.6 Å². The van der Waals surface area contributed by atoms with Crippen molar-refractivity contribution in [2.45, 2.75) is 57.5 Å². The molecule has 0 spiro atoms. The number of hydrogen-bond acceptors (Lipinski definition) is 7. The maximum atomic E-state index is 11.7. The number of carboxylic acids is 1. The van der Waals surface area contributed by atoms with Gasteiger partial charge in [-0.25, -0.2) is 4.79 Å². The van der Waals surface area contributed by atoms with Crippen LogP contribution in [0, 0.1) is 18.3 Å². The van der Waals surface area contributed by atoms with E-state index in [1.165, 1.54) is 6.07 Å². The van der Waals surface area contributed by atoms with Crippen molar-refractivity contribution in [3.63, 3.8) is 0 Å². The maximum absolute atomic E-state index is 11.7. The highest BCUT2D eigenvalue weighted by Crippen LogP contribution is 2.35. The van der Waals surface area contributed by atoms with Crippen molar-refractivity contribution in [1.29, 1.82) is 5.26 Å². The molecule has 0 unspecified atom stereocenters. The number of aromatic carboxylic acids is 1. The number of aliphatic hydroxyl groups is 1. The summed E-state index contributed by atoms with van der Waals surface area (Å²) in [6, 6.07) is 8.45. The number of benzene rings is 2. The van der Waals surface area contributed by atoms with Crippen LogP contribution in [0.4, 0.5) is 0 Å². The molecule has 35 heavy (non-hydrogen) atoms. The molecular weight excluding hydrogens is 450 g/mol. The number of fused-ring (bicyclic) bond motifs is 1. The lowest BCUT2D eigenvalue weighted by molar-refractivity contribution is -0.0845. The average Bonchev–Trinajstić information content (AvgIpc) is 3.51. The van der Waals surface area contributed by atoms with Crippen molar-refractivity contribution in [1.82, 2.24) is 9.78 Å². The second kappa shape index (κ2) is 10.3. The van der Waals surface area contributed by atoms with Gasteiger partial charge in [0, 0.05) is 17.1 Å².